The second-order valence-corrected chi connectivity index (χ2v) is 5.48. The molecule has 1 saturated heterocycles. The minimum absolute atomic E-state index is 0.211. The summed E-state index contributed by atoms with van der Waals surface area (Å²) in [4.78, 5) is 12.7. The van der Waals surface area contributed by atoms with Crippen molar-refractivity contribution < 1.29 is 9.90 Å². The predicted octanol–water partition coefficient (Wildman–Crippen LogP) is 1.62. The number of likely N-dealkylation sites (tertiary alicyclic amines) is 1. The van der Waals surface area contributed by atoms with Crippen molar-refractivity contribution in [3.63, 3.8) is 0 Å². The van der Waals surface area contributed by atoms with Gasteiger partial charge in [-0.2, -0.15) is 0 Å². The van der Waals surface area contributed by atoms with E-state index >= 15 is 0 Å². The summed E-state index contributed by atoms with van der Waals surface area (Å²) in [5, 5.41) is 16.0. The Morgan fingerprint density at radius 3 is 2.90 bits per heavy atom. The van der Waals surface area contributed by atoms with Crippen molar-refractivity contribution in [2.75, 3.05) is 6.54 Å². The van der Waals surface area contributed by atoms with E-state index in [1.54, 1.807) is 0 Å². The molecule has 1 amide bonds. The molecule has 3 rings (SSSR count). The van der Waals surface area contributed by atoms with E-state index in [1.165, 1.54) is 4.90 Å². The second-order valence-electron chi connectivity index (χ2n) is 5.04. The minimum Gasteiger partial charge on any atom is -0.465 e. The molecule has 1 unspecified atom stereocenters. The van der Waals surface area contributed by atoms with Crippen LogP contribution < -0.4 is 11.1 Å². The number of halogens is 1. The summed E-state index contributed by atoms with van der Waals surface area (Å²) in [6.45, 7) is 1.13. The second kappa shape index (κ2) is 5.79. The fourth-order valence-electron chi connectivity index (χ4n) is 2.67. The van der Waals surface area contributed by atoms with Gasteiger partial charge >= 0.3 is 6.09 Å². The van der Waals surface area contributed by atoms with Crippen molar-refractivity contribution in [2.24, 2.45) is 5.10 Å². The van der Waals surface area contributed by atoms with Crippen LogP contribution in [0.3, 0.4) is 0 Å². The van der Waals surface area contributed by atoms with E-state index in [0.29, 0.717) is 23.9 Å². The highest BCUT2D eigenvalue weighted by molar-refractivity contribution is 6.30. The van der Waals surface area contributed by atoms with Crippen LogP contribution in [0.15, 0.2) is 29.4 Å². The van der Waals surface area contributed by atoms with Crippen molar-refractivity contribution in [1.29, 1.82) is 0 Å². The van der Waals surface area contributed by atoms with Crippen molar-refractivity contribution in [2.45, 2.75) is 25.4 Å². The number of amides is 1. The number of benzene rings is 1. The lowest BCUT2D eigenvalue weighted by molar-refractivity contribution is 0.146. The third-order valence-corrected chi connectivity index (χ3v) is 3.93. The standard InChI is InChI=1S/C13H16ClN5O2/c14-10-5-3-9(4-6-10)8-19-12(15-16-17-19)11-2-1-7-18(11)13(20)21/h3-6,11,16-17H,1-2,7-8H2,(H,20,21). The number of carboxylic acid groups (broad SMARTS) is 1. The smallest absolute Gasteiger partial charge is 0.407 e. The van der Waals surface area contributed by atoms with Crippen molar-refractivity contribution in [3.8, 4) is 0 Å². The maximum Gasteiger partial charge on any atom is 0.407 e. The molecular weight excluding hydrogens is 294 g/mol. The van der Waals surface area contributed by atoms with Crippen LogP contribution in [0.25, 0.3) is 0 Å². The van der Waals surface area contributed by atoms with Crippen molar-refractivity contribution in [3.05, 3.63) is 34.9 Å². The fourth-order valence-corrected chi connectivity index (χ4v) is 2.80. The SMILES string of the molecule is O=C(O)N1CCCC1C1=NNNN1Cc1ccc(Cl)cc1. The Hall–Kier alpha value is -1.99. The molecule has 1 aromatic carbocycles. The quantitative estimate of drug-likeness (QED) is 0.790. The first-order valence-electron chi connectivity index (χ1n) is 6.75. The Morgan fingerprint density at radius 2 is 2.19 bits per heavy atom. The van der Waals surface area contributed by atoms with Gasteiger partial charge in [-0.05, 0) is 30.5 Å². The first kappa shape index (κ1) is 14.0. The minimum atomic E-state index is -0.904. The van der Waals surface area contributed by atoms with Crippen LogP contribution in [0, 0.1) is 0 Å². The van der Waals surface area contributed by atoms with Gasteiger partial charge in [0.2, 0.25) is 0 Å². The van der Waals surface area contributed by atoms with Crippen LogP contribution in [-0.4, -0.2) is 39.5 Å². The molecule has 0 bridgehead atoms. The maximum absolute atomic E-state index is 11.3. The summed E-state index contributed by atoms with van der Waals surface area (Å²) in [5.74, 6) is 0.699. The number of nitrogens with one attached hydrogen (secondary N) is 2. The number of nitrogens with zero attached hydrogens (tertiary/aromatic N) is 3. The molecule has 1 atom stereocenters. The monoisotopic (exact) mass is 309 g/mol. The van der Waals surface area contributed by atoms with E-state index in [9.17, 15) is 9.90 Å². The summed E-state index contributed by atoms with van der Waals surface area (Å²) >= 11 is 5.88. The van der Waals surface area contributed by atoms with Gasteiger partial charge in [-0.1, -0.05) is 23.7 Å². The normalized spacial score (nSPS) is 21.4. The molecule has 21 heavy (non-hydrogen) atoms. The largest absolute Gasteiger partial charge is 0.465 e. The molecule has 2 heterocycles. The van der Waals surface area contributed by atoms with Crippen LogP contribution in [0.1, 0.15) is 18.4 Å². The van der Waals surface area contributed by atoms with E-state index < -0.39 is 6.09 Å². The van der Waals surface area contributed by atoms with Crippen molar-refractivity contribution in [1.82, 2.24) is 21.0 Å². The predicted molar refractivity (Wildman–Crippen MR) is 78.5 cm³/mol. The molecule has 112 valence electrons. The zero-order valence-corrected chi connectivity index (χ0v) is 12.0. The van der Waals surface area contributed by atoms with E-state index in [-0.39, 0.29) is 6.04 Å². The van der Waals surface area contributed by atoms with Crippen LogP contribution in [0.2, 0.25) is 5.02 Å². The highest BCUT2D eigenvalue weighted by Gasteiger charge is 2.36. The molecule has 0 radical (unpaired) electrons. The lowest BCUT2D eigenvalue weighted by Gasteiger charge is -2.27. The maximum atomic E-state index is 11.3. The first-order valence-corrected chi connectivity index (χ1v) is 7.13. The van der Waals surface area contributed by atoms with E-state index in [4.69, 9.17) is 11.6 Å². The van der Waals surface area contributed by atoms with E-state index in [1.807, 2.05) is 29.3 Å². The summed E-state index contributed by atoms with van der Waals surface area (Å²) in [7, 11) is 0. The lowest BCUT2D eigenvalue weighted by Crippen LogP contribution is -2.49. The number of amidine groups is 1. The number of rotatable bonds is 3. The van der Waals surface area contributed by atoms with Crippen LogP contribution >= 0.6 is 11.6 Å². The van der Waals surface area contributed by atoms with Crippen LogP contribution in [-0.2, 0) is 6.54 Å². The molecule has 0 spiro atoms. The van der Waals surface area contributed by atoms with Crippen LogP contribution in [0.4, 0.5) is 4.79 Å². The molecule has 1 aromatic rings. The number of hydrazine groups is 2. The molecule has 2 aliphatic heterocycles. The molecule has 2 aliphatic rings. The van der Waals surface area contributed by atoms with Gasteiger partial charge in [0.05, 0.1) is 12.6 Å². The molecule has 8 heteroatoms. The number of carbonyl (C=O) groups is 1. The molecule has 0 aliphatic carbocycles. The molecule has 3 N–H and O–H groups in total. The Bertz CT molecular complexity index is 562. The van der Waals surface area contributed by atoms with Gasteiger partial charge in [-0.3, -0.25) is 9.91 Å². The summed E-state index contributed by atoms with van der Waals surface area (Å²) in [5.41, 5.74) is 6.70. The van der Waals surface area contributed by atoms with Gasteiger partial charge < -0.3 is 5.11 Å². The van der Waals surface area contributed by atoms with E-state index in [0.717, 1.165) is 18.4 Å². The molecular formula is C13H16ClN5O2. The summed E-state index contributed by atoms with van der Waals surface area (Å²) in [6, 6.07) is 7.32. The van der Waals surface area contributed by atoms with E-state index in [2.05, 4.69) is 16.2 Å². The fraction of sp³-hybridized carbons (Fsp3) is 0.385. The number of hydrazone groups is 1. The molecule has 0 saturated carbocycles. The third kappa shape index (κ3) is 2.88. The zero-order chi connectivity index (χ0) is 14.8. The Balaban J connectivity index is 1.73. The number of hydrogen-bond donors (Lipinski definition) is 3. The lowest BCUT2D eigenvalue weighted by atomic mass is 10.1. The number of hydrogen-bond acceptors (Lipinski definition) is 5. The molecule has 0 aromatic heterocycles. The third-order valence-electron chi connectivity index (χ3n) is 3.68. The molecule has 1 fully saturated rings. The van der Waals surface area contributed by atoms with Gasteiger partial charge in [-0.15, -0.1) is 10.6 Å². The van der Waals surface area contributed by atoms with Gasteiger partial charge in [0.15, 0.2) is 5.84 Å². The average molecular weight is 310 g/mol. The zero-order valence-electron chi connectivity index (χ0n) is 11.3. The van der Waals surface area contributed by atoms with Gasteiger partial charge in [0.25, 0.3) is 0 Å². The Labute approximate surface area is 127 Å². The van der Waals surface area contributed by atoms with Crippen molar-refractivity contribution >= 4 is 23.5 Å². The highest BCUT2D eigenvalue weighted by atomic mass is 35.5. The van der Waals surface area contributed by atoms with Crippen LogP contribution in [0.5, 0.6) is 0 Å². The Kier molecular flexibility index (Phi) is 3.85. The summed E-state index contributed by atoms with van der Waals surface area (Å²) in [6.07, 6.45) is 0.731. The first-order chi connectivity index (χ1) is 10.1. The van der Waals surface area contributed by atoms with Gasteiger partial charge in [0, 0.05) is 11.6 Å². The average Bonchev–Trinajstić information content (AvgIpc) is 3.09. The molecule has 7 nitrogen and oxygen atoms in total. The topological polar surface area (TPSA) is 80.2 Å². The summed E-state index contributed by atoms with van der Waals surface area (Å²) < 4.78 is 0. The van der Waals surface area contributed by atoms with Gasteiger partial charge in [0.1, 0.15) is 0 Å². The highest BCUT2D eigenvalue weighted by Crippen LogP contribution is 2.22. The van der Waals surface area contributed by atoms with Gasteiger partial charge in [-0.25, -0.2) is 10.3 Å². The Morgan fingerprint density at radius 1 is 1.43 bits per heavy atom.